The molecule has 1 aliphatic rings. The molecule has 5 rings (SSSR count). The smallest absolute Gasteiger partial charge is 0.240 e. The number of amides is 1. The summed E-state index contributed by atoms with van der Waals surface area (Å²) in [7, 11) is 1.60. The fourth-order valence-electron chi connectivity index (χ4n) is 3.77. The Morgan fingerprint density at radius 1 is 1.03 bits per heavy atom. The number of nitrogens with one attached hydrogen (secondary N) is 2. The Morgan fingerprint density at radius 2 is 1.82 bits per heavy atom. The molecule has 7 nitrogen and oxygen atoms in total. The Kier molecular flexibility index (Phi) is 5.75. The number of anilines is 1. The van der Waals surface area contributed by atoms with E-state index in [0.29, 0.717) is 22.4 Å². The minimum absolute atomic E-state index is 0.123. The minimum Gasteiger partial charge on any atom is -0.497 e. The van der Waals surface area contributed by atoms with Gasteiger partial charge >= 0.3 is 0 Å². The molecule has 1 aliphatic heterocycles. The van der Waals surface area contributed by atoms with Gasteiger partial charge in [0.05, 0.1) is 13.2 Å². The van der Waals surface area contributed by atoms with Crippen LogP contribution in [0.15, 0.2) is 84.0 Å². The first-order valence-electron chi connectivity index (χ1n) is 10.6. The lowest BCUT2D eigenvalue weighted by atomic mass is 10.0. The molecule has 1 amide bonds. The number of ether oxygens (including phenoxy) is 1. The summed E-state index contributed by atoms with van der Waals surface area (Å²) < 4.78 is 7.16. The van der Waals surface area contributed by atoms with Crippen LogP contribution in [0.3, 0.4) is 0 Å². The normalized spacial score (nSPS) is 17.0. The highest BCUT2D eigenvalue weighted by atomic mass is 32.2. The van der Waals surface area contributed by atoms with Crippen LogP contribution < -0.4 is 15.5 Å². The van der Waals surface area contributed by atoms with Gasteiger partial charge in [-0.15, -0.1) is 10.2 Å². The SMILES string of the molecule is COc1cccc(NC(=O)[C@@H]2Sc3nnc(-c4ccccc4)n3N[C@@H]2c2ccc(C)cc2)c1. The topological polar surface area (TPSA) is 81.1 Å². The lowest BCUT2D eigenvalue weighted by Gasteiger charge is -2.33. The molecule has 2 heterocycles. The summed E-state index contributed by atoms with van der Waals surface area (Å²) in [5.74, 6) is 1.27. The van der Waals surface area contributed by atoms with E-state index < -0.39 is 5.25 Å². The van der Waals surface area contributed by atoms with E-state index in [9.17, 15) is 4.79 Å². The number of thioether (sulfide) groups is 1. The number of carbonyl (C=O) groups excluding carboxylic acids is 1. The van der Waals surface area contributed by atoms with E-state index in [0.717, 1.165) is 16.7 Å². The van der Waals surface area contributed by atoms with Crippen LogP contribution in [0.1, 0.15) is 17.2 Å². The first kappa shape index (κ1) is 21.1. The fourth-order valence-corrected chi connectivity index (χ4v) is 4.85. The van der Waals surface area contributed by atoms with Gasteiger partial charge in [-0.25, -0.2) is 4.68 Å². The molecule has 3 aromatic carbocycles. The van der Waals surface area contributed by atoms with Gasteiger partial charge in [0.25, 0.3) is 0 Å². The maximum atomic E-state index is 13.4. The second-order valence-corrected chi connectivity index (χ2v) is 8.89. The third-order valence-corrected chi connectivity index (χ3v) is 6.72. The van der Waals surface area contributed by atoms with Crippen LogP contribution in [-0.2, 0) is 4.79 Å². The van der Waals surface area contributed by atoms with E-state index in [1.807, 2.05) is 60.1 Å². The number of aromatic nitrogens is 3. The van der Waals surface area contributed by atoms with E-state index >= 15 is 0 Å². The van der Waals surface area contributed by atoms with Crippen molar-refractivity contribution in [1.82, 2.24) is 14.9 Å². The molecule has 0 fully saturated rings. The third kappa shape index (κ3) is 4.29. The highest BCUT2D eigenvalue weighted by molar-refractivity contribution is 8.00. The first-order chi connectivity index (χ1) is 16.1. The molecule has 4 aromatic rings. The molecule has 166 valence electrons. The summed E-state index contributed by atoms with van der Waals surface area (Å²) in [6.45, 7) is 2.05. The Balaban J connectivity index is 1.50. The largest absolute Gasteiger partial charge is 0.497 e. The summed E-state index contributed by atoms with van der Waals surface area (Å²) in [5.41, 5.74) is 7.31. The van der Waals surface area contributed by atoms with Crippen molar-refractivity contribution in [2.24, 2.45) is 0 Å². The Bertz CT molecular complexity index is 1270. The molecule has 33 heavy (non-hydrogen) atoms. The zero-order chi connectivity index (χ0) is 22.8. The summed E-state index contributed by atoms with van der Waals surface area (Å²) in [6.07, 6.45) is 0. The van der Waals surface area contributed by atoms with E-state index in [1.54, 1.807) is 13.2 Å². The van der Waals surface area contributed by atoms with Gasteiger partial charge < -0.3 is 15.5 Å². The number of aryl methyl sites for hydroxylation is 1. The number of benzene rings is 3. The van der Waals surface area contributed by atoms with Crippen LogP contribution in [0.4, 0.5) is 5.69 Å². The van der Waals surface area contributed by atoms with Crippen molar-refractivity contribution in [2.45, 2.75) is 23.4 Å². The van der Waals surface area contributed by atoms with Gasteiger partial charge in [0.2, 0.25) is 11.1 Å². The molecule has 0 radical (unpaired) electrons. The summed E-state index contributed by atoms with van der Waals surface area (Å²) in [4.78, 5) is 13.4. The van der Waals surface area contributed by atoms with Crippen LogP contribution in [0.2, 0.25) is 0 Å². The molecular weight excluding hydrogens is 434 g/mol. The zero-order valence-corrected chi connectivity index (χ0v) is 19.0. The zero-order valence-electron chi connectivity index (χ0n) is 18.2. The lowest BCUT2D eigenvalue weighted by molar-refractivity contribution is -0.116. The first-order valence-corrected chi connectivity index (χ1v) is 11.5. The van der Waals surface area contributed by atoms with Gasteiger partial charge in [-0.05, 0) is 24.6 Å². The molecule has 2 atom stereocenters. The van der Waals surface area contributed by atoms with Crippen molar-refractivity contribution in [3.05, 3.63) is 90.0 Å². The number of methoxy groups -OCH3 is 1. The predicted octanol–water partition coefficient (Wildman–Crippen LogP) is 4.66. The Labute approximate surface area is 196 Å². The van der Waals surface area contributed by atoms with Crippen molar-refractivity contribution in [3.63, 3.8) is 0 Å². The number of rotatable bonds is 5. The second-order valence-electron chi connectivity index (χ2n) is 7.78. The number of hydrogen-bond acceptors (Lipinski definition) is 6. The average Bonchev–Trinajstić information content (AvgIpc) is 3.27. The van der Waals surface area contributed by atoms with Crippen LogP contribution in [0, 0.1) is 6.92 Å². The maximum Gasteiger partial charge on any atom is 0.240 e. The van der Waals surface area contributed by atoms with Gasteiger partial charge in [0, 0.05) is 17.3 Å². The van der Waals surface area contributed by atoms with E-state index in [2.05, 4.69) is 45.2 Å². The minimum atomic E-state index is -0.459. The predicted molar refractivity (Wildman–Crippen MR) is 130 cm³/mol. The summed E-state index contributed by atoms with van der Waals surface area (Å²) in [6, 6.07) is 25.1. The van der Waals surface area contributed by atoms with E-state index in [-0.39, 0.29) is 11.9 Å². The molecule has 0 saturated carbocycles. The highest BCUT2D eigenvalue weighted by Gasteiger charge is 2.38. The van der Waals surface area contributed by atoms with Crippen LogP contribution >= 0.6 is 11.8 Å². The summed E-state index contributed by atoms with van der Waals surface area (Å²) in [5, 5.41) is 12.0. The van der Waals surface area contributed by atoms with Crippen LogP contribution in [-0.4, -0.2) is 33.1 Å². The van der Waals surface area contributed by atoms with Gasteiger partial charge in [-0.2, -0.15) is 0 Å². The lowest BCUT2D eigenvalue weighted by Crippen LogP contribution is -2.41. The quantitative estimate of drug-likeness (QED) is 0.454. The third-order valence-electron chi connectivity index (χ3n) is 5.50. The molecule has 1 aromatic heterocycles. The second kappa shape index (κ2) is 8.99. The van der Waals surface area contributed by atoms with E-state index in [1.165, 1.54) is 11.8 Å². The van der Waals surface area contributed by atoms with E-state index in [4.69, 9.17) is 4.74 Å². The average molecular weight is 458 g/mol. The van der Waals surface area contributed by atoms with Crippen LogP contribution in [0.5, 0.6) is 5.75 Å². The number of fused-ring (bicyclic) bond motifs is 1. The van der Waals surface area contributed by atoms with Gasteiger partial charge in [0.15, 0.2) is 5.82 Å². The van der Waals surface area contributed by atoms with Gasteiger partial charge in [-0.1, -0.05) is 78.0 Å². The monoisotopic (exact) mass is 457 g/mol. The standard InChI is InChI=1S/C25H23N5O2S/c1-16-11-13-17(14-12-16)21-22(24(31)26-19-9-6-10-20(15-19)32-2)33-25-28-27-23(30(25)29-21)18-7-4-3-5-8-18/h3-15,21-22,29H,1-2H3,(H,26,31)/t21-,22-/m1/s1. The van der Waals surface area contributed by atoms with Gasteiger partial charge in [-0.3, -0.25) is 4.79 Å². The molecule has 0 spiro atoms. The Hall–Kier alpha value is -3.78. The van der Waals surface area contributed by atoms with Crippen molar-refractivity contribution in [3.8, 4) is 17.1 Å². The number of carbonyl (C=O) groups is 1. The van der Waals surface area contributed by atoms with Crippen molar-refractivity contribution >= 4 is 23.4 Å². The van der Waals surface area contributed by atoms with Crippen molar-refractivity contribution in [1.29, 1.82) is 0 Å². The van der Waals surface area contributed by atoms with Crippen molar-refractivity contribution < 1.29 is 9.53 Å². The van der Waals surface area contributed by atoms with Crippen molar-refractivity contribution in [2.75, 3.05) is 17.9 Å². The fraction of sp³-hybridized carbons (Fsp3) is 0.160. The van der Waals surface area contributed by atoms with Crippen LogP contribution in [0.25, 0.3) is 11.4 Å². The number of hydrogen-bond donors (Lipinski definition) is 2. The molecule has 0 bridgehead atoms. The molecular formula is C25H23N5O2S. The molecule has 0 saturated heterocycles. The number of nitrogens with zero attached hydrogens (tertiary/aromatic N) is 3. The maximum absolute atomic E-state index is 13.4. The highest BCUT2D eigenvalue weighted by Crippen LogP contribution is 2.39. The molecule has 0 unspecified atom stereocenters. The molecule has 8 heteroatoms. The molecule has 0 aliphatic carbocycles. The Morgan fingerprint density at radius 3 is 2.58 bits per heavy atom. The summed E-state index contributed by atoms with van der Waals surface area (Å²) >= 11 is 1.40. The molecule has 2 N–H and O–H groups in total. The van der Waals surface area contributed by atoms with Gasteiger partial charge in [0.1, 0.15) is 11.0 Å².